The molecule has 200 valence electrons. The summed E-state index contributed by atoms with van der Waals surface area (Å²) in [6.07, 6.45) is 6.53. The number of hydrogen-bond acceptors (Lipinski definition) is 9. The molecule has 2 fully saturated rings. The molecular weight excluding hydrogens is 543 g/mol. The standard InChI is InChI=1S/C15H16ClN5O2.C10H8ClN5/c1-15(2,3)23-14(22)20(10-4-5-10)12-6-11(16)19-13-9(7-17)8-18-21(12)13;11-8-3-9(14-7-1-2-7)16-10(15-8)6(4-12)5-13-16/h6,8,10H,4-5H2,1-3H3;3,5,7,14H,1-2H2. The minimum Gasteiger partial charge on any atom is -0.443 e. The van der Waals surface area contributed by atoms with Crippen molar-refractivity contribution in [2.45, 2.75) is 64.1 Å². The van der Waals surface area contributed by atoms with Crippen LogP contribution < -0.4 is 10.2 Å². The fourth-order valence-corrected chi connectivity index (χ4v) is 4.16. The van der Waals surface area contributed by atoms with E-state index in [1.54, 1.807) is 21.5 Å². The van der Waals surface area contributed by atoms with Crippen LogP contribution in [0.15, 0.2) is 24.5 Å². The highest BCUT2D eigenvalue weighted by molar-refractivity contribution is 6.30. The van der Waals surface area contributed by atoms with Crippen LogP contribution in [0.3, 0.4) is 0 Å². The zero-order valence-corrected chi connectivity index (χ0v) is 22.9. The van der Waals surface area contributed by atoms with E-state index in [9.17, 15) is 4.79 Å². The quantitative estimate of drug-likeness (QED) is 0.337. The van der Waals surface area contributed by atoms with E-state index in [4.69, 9.17) is 38.5 Å². The number of aromatic nitrogens is 6. The van der Waals surface area contributed by atoms with Gasteiger partial charge in [-0.1, -0.05) is 23.2 Å². The van der Waals surface area contributed by atoms with Gasteiger partial charge in [-0.3, -0.25) is 4.90 Å². The zero-order chi connectivity index (χ0) is 27.9. The minimum atomic E-state index is -0.609. The van der Waals surface area contributed by atoms with E-state index in [-0.39, 0.29) is 11.2 Å². The Morgan fingerprint density at radius 2 is 1.56 bits per heavy atom. The largest absolute Gasteiger partial charge is 0.443 e. The monoisotopic (exact) mass is 566 g/mol. The van der Waals surface area contributed by atoms with Crippen LogP contribution >= 0.6 is 23.2 Å². The lowest BCUT2D eigenvalue weighted by atomic mass is 10.2. The van der Waals surface area contributed by atoms with E-state index >= 15 is 0 Å². The first-order valence-corrected chi connectivity index (χ1v) is 13.0. The molecule has 0 bridgehead atoms. The van der Waals surface area contributed by atoms with Crippen LogP contribution in [0, 0.1) is 22.7 Å². The van der Waals surface area contributed by atoms with Gasteiger partial charge in [0, 0.05) is 24.2 Å². The van der Waals surface area contributed by atoms with Crippen molar-refractivity contribution in [2.75, 3.05) is 10.2 Å². The van der Waals surface area contributed by atoms with Gasteiger partial charge in [-0.05, 0) is 46.5 Å². The molecule has 39 heavy (non-hydrogen) atoms. The third-order valence-electron chi connectivity index (χ3n) is 5.78. The molecule has 4 aromatic heterocycles. The number of ether oxygens (including phenoxy) is 1. The Bertz CT molecular complexity index is 1650. The lowest BCUT2D eigenvalue weighted by Gasteiger charge is -2.27. The van der Waals surface area contributed by atoms with E-state index in [1.165, 1.54) is 16.9 Å². The summed E-state index contributed by atoms with van der Waals surface area (Å²) < 4.78 is 8.56. The molecule has 0 atom stereocenters. The number of hydrogen-bond donors (Lipinski definition) is 1. The van der Waals surface area contributed by atoms with Crippen molar-refractivity contribution in [3.05, 3.63) is 46.0 Å². The lowest BCUT2D eigenvalue weighted by molar-refractivity contribution is 0.0576. The van der Waals surface area contributed by atoms with Crippen LogP contribution in [0.1, 0.15) is 57.6 Å². The van der Waals surface area contributed by atoms with Gasteiger partial charge in [-0.15, -0.1) is 0 Å². The number of nitrogens with one attached hydrogen (secondary N) is 1. The molecule has 4 heterocycles. The summed E-state index contributed by atoms with van der Waals surface area (Å²) in [5.74, 6) is 1.25. The molecule has 1 N–H and O–H groups in total. The maximum atomic E-state index is 12.6. The van der Waals surface area contributed by atoms with E-state index in [2.05, 4.69) is 25.5 Å². The number of rotatable bonds is 4. The molecule has 14 heteroatoms. The van der Waals surface area contributed by atoms with Crippen LogP contribution in [0.4, 0.5) is 16.4 Å². The van der Waals surface area contributed by atoms with E-state index < -0.39 is 11.7 Å². The second-order valence-corrected chi connectivity index (χ2v) is 11.0. The molecule has 2 aliphatic rings. The molecule has 2 aliphatic carbocycles. The Morgan fingerprint density at radius 1 is 1.00 bits per heavy atom. The van der Waals surface area contributed by atoms with Gasteiger partial charge in [0.15, 0.2) is 11.3 Å². The van der Waals surface area contributed by atoms with Gasteiger partial charge in [0.2, 0.25) is 0 Å². The summed E-state index contributed by atoms with van der Waals surface area (Å²) in [6.45, 7) is 5.44. The number of anilines is 2. The molecule has 0 aromatic carbocycles. The van der Waals surface area contributed by atoms with Gasteiger partial charge < -0.3 is 10.1 Å². The van der Waals surface area contributed by atoms with E-state index in [1.807, 2.05) is 32.9 Å². The Labute approximate surface area is 233 Å². The zero-order valence-electron chi connectivity index (χ0n) is 21.4. The van der Waals surface area contributed by atoms with Gasteiger partial charge in [0.25, 0.3) is 0 Å². The summed E-state index contributed by atoms with van der Waals surface area (Å²) in [5, 5.41) is 30.2. The molecule has 12 nitrogen and oxygen atoms in total. The van der Waals surface area contributed by atoms with Crippen molar-refractivity contribution in [1.29, 1.82) is 10.5 Å². The summed E-state index contributed by atoms with van der Waals surface area (Å²) in [4.78, 5) is 22.4. The smallest absolute Gasteiger partial charge is 0.416 e. The molecule has 0 radical (unpaired) electrons. The average molecular weight is 567 g/mol. The number of nitriles is 2. The normalized spacial score (nSPS) is 14.7. The first-order chi connectivity index (χ1) is 18.6. The molecule has 0 spiro atoms. The van der Waals surface area contributed by atoms with Gasteiger partial charge >= 0.3 is 6.09 Å². The van der Waals surface area contributed by atoms with Crippen LogP contribution in [-0.2, 0) is 4.74 Å². The first kappa shape index (κ1) is 26.5. The van der Waals surface area contributed by atoms with Gasteiger partial charge in [-0.25, -0.2) is 14.8 Å². The highest BCUT2D eigenvalue weighted by Gasteiger charge is 2.38. The molecule has 6 rings (SSSR count). The van der Waals surface area contributed by atoms with Crippen molar-refractivity contribution in [3.8, 4) is 12.1 Å². The first-order valence-electron chi connectivity index (χ1n) is 12.3. The predicted molar refractivity (Wildman–Crippen MR) is 144 cm³/mol. The van der Waals surface area contributed by atoms with Gasteiger partial charge in [-0.2, -0.15) is 29.8 Å². The fourth-order valence-electron chi connectivity index (χ4n) is 3.79. The number of carbonyl (C=O) groups excluding carboxylic acids is 1. The van der Waals surface area contributed by atoms with Crippen molar-refractivity contribution >= 4 is 52.2 Å². The number of fused-ring (bicyclic) bond motifs is 2. The Kier molecular flexibility index (Phi) is 6.93. The summed E-state index contributed by atoms with van der Waals surface area (Å²) in [6, 6.07) is 7.88. The second kappa shape index (κ2) is 10.2. The van der Waals surface area contributed by atoms with Crippen molar-refractivity contribution in [3.63, 3.8) is 0 Å². The number of halogens is 2. The highest BCUT2D eigenvalue weighted by atomic mass is 35.5. The third-order valence-corrected chi connectivity index (χ3v) is 6.17. The Hall–Kier alpha value is -4.13. The summed E-state index contributed by atoms with van der Waals surface area (Å²) in [5.41, 5.74) is 0.944. The molecule has 1 amide bonds. The van der Waals surface area contributed by atoms with Gasteiger partial charge in [0.1, 0.15) is 50.8 Å². The molecule has 0 unspecified atom stereocenters. The maximum absolute atomic E-state index is 12.6. The number of amides is 1. The Balaban J connectivity index is 0.000000168. The van der Waals surface area contributed by atoms with Crippen LogP contribution in [0.25, 0.3) is 11.3 Å². The molecule has 4 aromatic rings. The second-order valence-electron chi connectivity index (χ2n) is 10.2. The van der Waals surface area contributed by atoms with Crippen molar-refractivity contribution < 1.29 is 9.53 Å². The van der Waals surface area contributed by atoms with Crippen molar-refractivity contribution in [2.24, 2.45) is 0 Å². The van der Waals surface area contributed by atoms with Crippen LogP contribution in [0.5, 0.6) is 0 Å². The molecular formula is C25H24Cl2N10O2. The molecule has 2 saturated carbocycles. The number of carbonyl (C=O) groups is 1. The van der Waals surface area contributed by atoms with Crippen LogP contribution in [-0.4, -0.2) is 53.0 Å². The average Bonchev–Trinajstić information content (AvgIpc) is 3.78. The fraction of sp³-hybridized carbons (Fsp3) is 0.400. The minimum absolute atomic E-state index is 0.0428. The van der Waals surface area contributed by atoms with Crippen molar-refractivity contribution in [1.82, 2.24) is 29.2 Å². The third kappa shape index (κ3) is 5.82. The van der Waals surface area contributed by atoms with E-state index in [0.717, 1.165) is 31.5 Å². The maximum Gasteiger partial charge on any atom is 0.416 e. The van der Waals surface area contributed by atoms with Crippen LogP contribution in [0.2, 0.25) is 10.3 Å². The number of nitrogens with zero attached hydrogens (tertiary/aromatic N) is 9. The lowest BCUT2D eigenvalue weighted by Crippen LogP contribution is -2.39. The summed E-state index contributed by atoms with van der Waals surface area (Å²) in [7, 11) is 0. The Morgan fingerprint density at radius 3 is 2.10 bits per heavy atom. The van der Waals surface area contributed by atoms with E-state index in [0.29, 0.717) is 39.4 Å². The predicted octanol–water partition coefficient (Wildman–Crippen LogP) is 4.99. The molecule has 0 aliphatic heterocycles. The summed E-state index contributed by atoms with van der Waals surface area (Å²) >= 11 is 12.0. The molecule has 0 saturated heterocycles. The highest BCUT2D eigenvalue weighted by Crippen LogP contribution is 2.34. The SMILES string of the molecule is CC(C)(C)OC(=O)N(c1cc(Cl)nc2c(C#N)cnn12)C1CC1.N#Cc1cnn2c(NC3CC3)cc(Cl)nc12. The topological polar surface area (TPSA) is 150 Å². The van der Waals surface area contributed by atoms with Gasteiger partial charge in [0.05, 0.1) is 12.4 Å².